The summed E-state index contributed by atoms with van der Waals surface area (Å²) >= 11 is 6.19. The van der Waals surface area contributed by atoms with Crippen molar-refractivity contribution in [3.8, 4) is 0 Å². The summed E-state index contributed by atoms with van der Waals surface area (Å²) in [6.07, 6.45) is 0. The summed E-state index contributed by atoms with van der Waals surface area (Å²) in [6, 6.07) is 2.08. The molecule has 2 aromatic rings. The molecule has 0 fully saturated rings. The third-order valence-corrected chi connectivity index (χ3v) is 3.76. The summed E-state index contributed by atoms with van der Waals surface area (Å²) in [7, 11) is 0. The van der Waals surface area contributed by atoms with Gasteiger partial charge in [0.15, 0.2) is 0 Å². The third-order valence-electron chi connectivity index (χ3n) is 2.16. The molecule has 0 aliphatic carbocycles. The van der Waals surface area contributed by atoms with Crippen molar-refractivity contribution in [2.24, 2.45) is 0 Å². The Morgan fingerprint density at radius 2 is 1.93 bits per heavy atom. The second kappa shape index (κ2) is 3.54. The molecule has 0 unspecified atom stereocenters. The second-order valence-electron chi connectivity index (χ2n) is 3.06. The first kappa shape index (κ1) is 10.5. The first-order valence-corrected chi connectivity index (χ1v) is 5.28. The number of fused-ring (bicyclic) bond motifs is 1. The van der Waals surface area contributed by atoms with Gasteiger partial charge in [-0.25, -0.2) is 8.78 Å². The standard InChI is InChI=1S/C10H5ClF2OS/c1-4-7-5(12)2-3-6(13)9(7)15-8(4)10(11)14/h2-3H,1H3. The van der Waals surface area contributed by atoms with Gasteiger partial charge in [0.05, 0.1) is 9.58 Å². The minimum absolute atomic E-state index is 0.136. The largest absolute Gasteiger partial charge is 0.275 e. The van der Waals surface area contributed by atoms with Crippen LogP contribution in [0.2, 0.25) is 0 Å². The van der Waals surface area contributed by atoms with Crippen LogP contribution in [0.15, 0.2) is 12.1 Å². The Labute approximate surface area is 93.3 Å². The van der Waals surface area contributed by atoms with E-state index in [9.17, 15) is 13.6 Å². The van der Waals surface area contributed by atoms with Gasteiger partial charge in [0.25, 0.3) is 5.24 Å². The third kappa shape index (κ3) is 1.54. The van der Waals surface area contributed by atoms with Gasteiger partial charge in [-0.15, -0.1) is 11.3 Å². The predicted octanol–water partition coefficient (Wildman–Crippen LogP) is 3.87. The minimum atomic E-state index is -0.687. The molecule has 0 aliphatic heterocycles. The van der Waals surface area contributed by atoms with Crippen LogP contribution in [0.5, 0.6) is 0 Å². The molecule has 0 N–H and O–H groups in total. The number of halogens is 3. The van der Waals surface area contributed by atoms with Crippen LogP contribution in [0, 0.1) is 18.6 Å². The summed E-state index contributed by atoms with van der Waals surface area (Å²) in [5, 5.41) is -0.545. The van der Waals surface area contributed by atoms with Crippen molar-refractivity contribution >= 4 is 38.3 Å². The monoisotopic (exact) mass is 246 g/mol. The summed E-state index contributed by atoms with van der Waals surface area (Å²) in [5.74, 6) is -1.08. The molecule has 15 heavy (non-hydrogen) atoms. The lowest BCUT2D eigenvalue weighted by atomic mass is 10.1. The molecule has 0 aliphatic rings. The molecule has 0 atom stereocenters. The maximum atomic E-state index is 13.4. The van der Waals surface area contributed by atoms with Crippen LogP contribution in [-0.2, 0) is 0 Å². The van der Waals surface area contributed by atoms with Gasteiger partial charge >= 0.3 is 0 Å². The highest BCUT2D eigenvalue weighted by atomic mass is 35.5. The van der Waals surface area contributed by atoms with Gasteiger partial charge in [-0.2, -0.15) is 0 Å². The Hall–Kier alpha value is -1.00. The summed E-state index contributed by atoms with van der Waals surface area (Å²) in [5.41, 5.74) is 0.395. The Bertz CT molecular complexity index is 562. The van der Waals surface area contributed by atoms with Gasteiger partial charge in [0.2, 0.25) is 0 Å². The number of hydrogen-bond acceptors (Lipinski definition) is 2. The SMILES string of the molecule is Cc1c(C(=O)Cl)sc2c(F)ccc(F)c12. The van der Waals surface area contributed by atoms with E-state index in [1.54, 1.807) is 6.92 Å². The zero-order valence-electron chi connectivity index (χ0n) is 7.61. The van der Waals surface area contributed by atoms with E-state index in [2.05, 4.69) is 0 Å². The fraction of sp³-hybridized carbons (Fsp3) is 0.100. The molecule has 5 heteroatoms. The quantitative estimate of drug-likeness (QED) is 0.698. The molecular weight excluding hydrogens is 242 g/mol. The van der Waals surface area contributed by atoms with E-state index in [0.29, 0.717) is 5.56 Å². The minimum Gasteiger partial charge on any atom is -0.275 e. The number of hydrogen-bond donors (Lipinski definition) is 0. The lowest BCUT2D eigenvalue weighted by Gasteiger charge is -1.95. The van der Waals surface area contributed by atoms with Crippen LogP contribution in [0.3, 0.4) is 0 Å². The molecule has 1 aromatic carbocycles. The second-order valence-corrected chi connectivity index (χ2v) is 4.43. The van der Waals surface area contributed by atoms with Crippen molar-refractivity contribution < 1.29 is 13.6 Å². The molecule has 2 rings (SSSR count). The van der Waals surface area contributed by atoms with Gasteiger partial charge in [0.1, 0.15) is 11.6 Å². The topological polar surface area (TPSA) is 17.1 Å². The van der Waals surface area contributed by atoms with E-state index in [-0.39, 0.29) is 15.0 Å². The lowest BCUT2D eigenvalue weighted by molar-refractivity contribution is 0.108. The van der Waals surface area contributed by atoms with Crippen LogP contribution < -0.4 is 0 Å². The van der Waals surface area contributed by atoms with Crippen molar-refractivity contribution in [3.63, 3.8) is 0 Å². The van der Waals surface area contributed by atoms with E-state index < -0.39 is 16.9 Å². The van der Waals surface area contributed by atoms with Crippen molar-refractivity contribution in [2.45, 2.75) is 6.92 Å². The Morgan fingerprint density at radius 3 is 2.47 bits per heavy atom. The number of thiophene rings is 1. The van der Waals surface area contributed by atoms with E-state index >= 15 is 0 Å². The molecular formula is C10H5ClF2OS. The van der Waals surface area contributed by atoms with Gasteiger partial charge in [0, 0.05) is 5.39 Å². The van der Waals surface area contributed by atoms with E-state index in [1.165, 1.54) is 0 Å². The Balaban J connectivity index is 2.93. The zero-order chi connectivity index (χ0) is 11.2. The number of aryl methyl sites for hydroxylation is 1. The number of benzene rings is 1. The first-order chi connectivity index (χ1) is 7.02. The predicted molar refractivity (Wildman–Crippen MR) is 56.7 cm³/mol. The van der Waals surface area contributed by atoms with Crippen molar-refractivity contribution in [1.82, 2.24) is 0 Å². The highest BCUT2D eigenvalue weighted by molar-refractivity contribution is 7.22. The first-order valence-electron chi connectivity index (χ1n) is 4.09. The summed E-state index contributed by atoms with van der Waals surface area (Å²) in [4.78, 5) is 11.2. The fourth-order valence-corrected chi connectivity index (χ4v) is 2.78. The van der Waals surface area contributed by atoms with Crippen molar-refractivity contribution in [3.05, 3.63) is 34.2 Å². The Morgan fingerprint density at radius 1 is 1.33 bits per heavy atom. The van der Waals surface area contributed by atoms with Gasteiger partial charge in [-0.1, -0.05) is 0 Å². The summed E-state index contributed by atoms with van der Waals surface area (Å²) < 4.78 is 26.8. The molecule has 1 heterocycles. The molecule has 0 amide bonds. The van der Waals surface area contributed by atoms with E-state index in [4.69, 9.17) is 11.6 Å². The summed E-state index contributed by atoms with van der Waals surface area (Å²) in [6.45, 7) is 1.55. The van der Waals surface area contributed by atoms with Crippen LogP contribution in [0.4, 0.5) is 8.78 Å². The smallest absolute Gasteiger partial charge is 0.262 e. The van der Waals surface area contributed by atoms with Gasteiger partial charge in [-0.05, 0) is 36.2 Å². The number of carbonyl (C=O) groups is 1. The molecule has 0 radical (unpaired) electrons. The highest BCUT2D eigenvalue weighted by Gasteiger charge is 2.18. The fourth-order valence-electron chi connectivity index (χ4n) is 1.46. The highest BCUT2D eigenvalue weighted by Crippen LogP contribution is 2.35. The van der Waals surface area contributed by atoms with Crippen molar-refractivity contribution in [1.29, 1.82) is 0 Å². The van der Waals surface area contributed by atoms with E-state index in [1.807, 2.05) is 0 Å². The van der Waals surface area contributed by atoms with E-state index in [0.717, 1.165) is 23.5 Å². The lowest BCUT2D eigenvalue weighted by Crippen LogP contribution is -1.86. The molecule has 1 nitrogen and oxygen atoms in total. The molecule has 0 saturated carbocycles. The van der Waals surface area contributed by atoms with Gasteiger partial charge in [-0.3, -0.25) is 4.79 Å². The number of rotatable bonds is 1. The van der Waals surface area contributed by atoms with Crippen molar-refractivity contribution in [2.75, 3.05) is 0 Å². The van der Waals surface area contributed by atoms with Crippen LogP contribution in [-0.4, -0.2) is 5.24 Å². The molecule has 0 bridgehead atoms. The van der Waals surface area contributed by atoms with Crippen LogP contribution >= 0.6 is 22.9 Å². The normalized spacial score (nSPS) is 10.9. The van der Waals surface area contributed by atoms with Crippen LogP contribution in [0.25, 0.3) is 10.1 Å². The average molecular weight is 247 g/mol. The maximum absolute atomic E-state index is 13.4. The average Bonchev–Trinajstić information content (AvgIpc) is 2.51. The molecule has 1 aromatic heterocycles. The molecule has 0 saturated heterocycles. The maximum Gasteiger partial charge on any atom is 0.262 e. The molecule has 0 spiro atoms. The number of carbonyl (C=O) groups excluding carboxylic acids is 1. The zero-order valence-corrected chi connectivity index (χ0v) is 9.18. The molecule has 78 valence electrons. The van der Waals surface area contributed by atoms with Gasteiger partial charge < -0.3 is 0 Å². The van der Waals surface area contributed by atoms with Crippen LogP contribution in [0.1, 0.15) is 15.2 Å². The Kier molecular flexibility index (Phi) is 2.48.